The number of amides is 1. The zero-order valence-corrected chi connectivity index (χ0v) is 9.10. The van der Waals surface area contributed by atoms with Crippen molar-refractivity contribution in [2.75, 3.05) is 0 Å². The highest BCUT2D eigenvalue weighted by molar-refractivity contribution is 6.31. The number of rotatable bonds is 1. The summed E-state index contributed by atoms with van der Waals surface area (Å²) < 4.78 is 0. The number of aromatic nitrogens is 1. The Bertz CT molecular complexity index is 716. The van der Waals surface area contributed by atoms with E-state index in [0.717, 1.165) is 6.07 Å². The molecule has 1 N–H and O–H groups in total. The molecule has 0 saturated heterocycles. The summed E-state index contributed by atoms with van der Waals surface area (Å²) in [5, 5.41) is 3.74. The lowest BCUT2D eigenvalue weighted by molar-refractivity contribution is 0.0996. The predicted octanol–water partition coefficient (Wildman–Crippen LogP) is 2.63. The highest BCUT2D eigenvalue weighted by atomic mass is 35.5. The van der Waals surface area contributed by atoms with Crippen LogP contribution in [-0.4, -0.2) is 10.9 Å². The van der Waals surface area contributed by atoms with E-state index in [9.17, 15) is 9.59 Å². The SMILES string of the molecule is [N-]=[N+]=NC(=O)c1cc(=O)c2ccc(Cl)cc2[nH]1. The Balaban J connectivity index is 2.74. The smallest absolute Gasteiger partial charge is 0.265 e. The van der Waals surface area contributed by atoms with Crippen LogP contribution in [0.4, 0.5) is 0 Å². The van der Waals surface area contributed by atoms with Crippen LogP contribution in [0.3, 0.4) is 0 Å². The molecule has 0 aliphatic carbocycles. The highest BCUT2D eigenvalue weighted by Gasteiger charge is 2.08. The molecule has 0 atom stereocenters. The van der Waals surface area contributed by atoms with Crippen molar-refractivity contribution >= 4 is 28.4 Å². The first-order chi connectivity index (χ1) is 8.11. The zero-order chi connectivity index (χ0) is 12.4. The average Bonchev–Trinajstić information content (AvgIpc) is 2.28. The van der Waals surface area contributed by atoms with Crippen LogP contribution >= 0.6 is 11.6 Å². The van der Waals surface area contributed by atoms with E-state index in [4.69, 9.17) is 17.1 Å². The molecule has 1 aromatic carbocycles. The number of benzene rings is 1. The van der Waals surface area contributed by atoms with Gasteiger partial charge in [0, 0.05) is 21.4 Å². The second kappa shape index (κ2) is 4.29. The summed E-state index contributed by atoms with van der Waals surface area (Å²) >= 11 is 5.78. The molecule has 1 aromatic heterocycles. The van der Waals surface area contributed by atoms with E-state index in [0.29, 0.717) is 15.9 Å². The van der Waals surface area contributed by atoms with Crippen LogP contribution in [0.15, 0.2) is 34.2 Å². The van der Waals surface area contributed by atoms with E-state index in [2.05, 4.69) is 15.0 Å². The first kappa shape index (κ1) is 11.2. The van der Waals surface area contributed by atoms with Gasteiger partial charge in [-0.05, 0) is 28.8 Å². The molecular weight excluding hydrogens is 244 g/mol. The van der Waals surface area contributed by atoms with Crippen molar-refractivity contribution in [3.8, 4) is 0 Å². The number of azide groups is 1. The maximum Gasteiger partial charge on any atom is 0.265 e. The number of hydrogen-bond acceptors (Lipinski definition) is 2. The minimum atomic E-state index is -0.841. The molecule has 2 rings (SSSR count). The van der Waals surface area contributed by atoms with Crippen LogP contribution in [0, 0.1) is 0 Å². The van der Waals surface area contributed by atoms with E-state index < -0.39 is 5.91 Å². The van der Waals surface area contributed by atoms with Gasteiger partial charge < -0.3 is 4.98 Å². The lowest BCUT2D eigenvalue weighted by atomic mass is 10.2. The average molecular weight is 249 g/mol. The number of fused-ring (bicyclic) bond motifs is 1. The fraction of sp³-hybridized carbons (Fsp3) is 0. The molecule has 2 aromatic rings. The van der Waals surface area contributed by atoms with Gasteiger partial charge in [0.25, 0.3) is 5.91 Å². The van der Waals surface area contributed by atoms with Crippen LogP contribution in [-0.2, 0) is 0 Å². The van der Waals surface area contributed by atoms with E-state index in [1.165, 1.54) is 6.07 Å². The van der Waals surface area contributed by atoms with Gasteiger partial charge in [0.05, 0.1) is 11.2 Å². The van der Waals surface area contributed by atoms with Crippen molar-refractivity contribution in [2.24, 2.45) is 5.11 Å². The van der Waals surface area contributed by atoms with Crippen LogP contribution < -0.4 is 5.43 Å². The van der Waals surface area contributed by atoms with Gasteiger partial charge in [-0.25, -0.2) is 0 Å². The number of carbonyl (C=O) groups excluding carboxylic acids is 1. The molecule has 0 saturated carbocycles. The summed E-state index contributed by atoms with van der Waals surface area (Å²) in [7, 11) is 0. The summed E-state index contributed by atoms with van der Waals surface area (Å²) in [6, 6.07) is 5.74. The minimum Gasteiger partial charge on any atom is -0.352 e. The third-order valence-electron chi connectivity index (χ3n) is 2.16. The van der Waals surface area contributed by atoms with Crippen LogP contribution in [0.2, 0.25) is 5.02 Å². The van der Waals surface area contributed by atoms with Gasteiger partial charge in [-0.1, -0.05) is 11.6 Å². The van der Waals surface area contributed by atoms with Crippen LogP contribution in [0.25, 0.3) is 21.3 Å². The van der Waals surface area contributed by atoms with Crippen LogP contribution in [0.1, 0.15) is 10.5 Å². The quantitative estimate of drug-likeness (QED) is 0.477. The molecule has 0 spiro atoms. The van der Waals surface area contributed by atoms with Crippen molar-refractivity contribution in [3.05, 3.63) is 55.6 Å². The molecule has 7 heteroatoms. The molecule has 0 fully saturated rings. The Kier molecular flexibility index (Phi) is 2.82. The van der Waals surface area contributed by atoms with Gasteiger partial charge in [0.1, 0.15) is 0 Å². The predicted molar refractivity (Wildman–Crippen MR) is 63.1 cm³/mol. The number of halogens is 1. The van der Waals surface area contributed by atoms with E-state index in [-0.39, 0.29) is 11.1 Å². The molecule has 0 aliphatic heterocycles. The normalized spacial score (nSPS) is 9.94. The van der Waals surface area contributed by atoms with Crippen LogP contribution in [0.5, 0.6) is 0 Å². The topological polar surface area (TPSA) is 98.7 Å². The fourth-order valence-corrected chi connectivity index (χ4v) is 1.61. The van der Waals surface area contributed by atoms with Crippen molar-refractivity contribution in [1.82, 2.24) is 4.98 Å². The van der Waals surface area contributed by atoms with Gasteiger partial charge in [-0.15, -0.1) is 0 Å². The van der Waals surface area contributed by atoms with E-state index >= 15 is 0 Å². The molecular formula is C10H5ClN4O2. The Morgan fingerprint density at radius 2 is 2.18 bits per heavy atom. The Morgan fingerprint density at radius 3 is 2.88 bits per heavy atom. The van der Waals surface area contributed by atoms with E-state index in [1.807, 2.05) is 0 Å². The van der Waals surface area contributed by atoms with Gasteiger partial charge in [0.15, 0.2) is 5.43 Å². The molecule has 6 nitrogen and oxygen atoms in total. The molecule has 1 amide bonds. The molecule has 0 radical (unpaired) electrons. The van der Waals surface area contributed by atoms with Gasteiger partial charge in [0.2, 0.25) is 0 Å². The largest absolute Gasteiger partial charge is 0.352 e. The highest BCUT2D eigenvalue weighted by Crippen LogP contribution is 2.15. The Hall–Kier alpha value is -2.30. The third kappa shape index (κ3) is 2.13. The summed E-state index contributed by atoms with van der Waals surface area (Å²) in [4.78, 5) is 28.0. The number of nitrogens with zero attached hydrogens (tertiary/aromatic N) is 3. The second-order valence-corrected chi connectivity index (χ2v) is 3.67. The number of nitrogens with one attached hydrogen (secondary N) is 1. The number of aromatic amines is 1. The standard InChI is InChI=1S/C10H5ClN4O2/c11-5-1-2-6-7(3-5)13-8(4-9(6)16)10(17)14-15-12/h1-4H,(H,13,16). The number of carbonyl (C=O) groups is 1. The van der Waals surface area contributed by atoms with Gasteiger partial charge >= 0.3 is 0 Å². The molecule has 0 unspecified atom stereocenters. The molecule has 0 bridgehead atoms. The maximum absolute atomic E-state index is 11.7. The third-order valence-corrected chi connectivity index (χ3v) is 2.39. The molecule has 84 valence electrons. The fourth-order valence-electron chi connectivity index (χ4n) is 1.43. The summed E-state index contributed by atoms with van der Waals surface area (Å²) in [6.45, 7) is 0. The summed E-state index contributed by atoms with van der Waals surface area (Å²) in [6.07, 6.45) is 0. The first-order valence-electron chi connectivity index (χ1n) is 4.54. The van der Waals surface area contributed by atoms with Crippen molar-refractivity contribution < 1.29 is 4.79 Å². The van der Waals surface area contributed by atoms with Crippen molar-refractivity contribution in [2.45, 2.75) is 0 Å². The Morgan fingerprint density at radius 1 is 1.41 bits per heavy atom. The zero-order valence-electron chi connectivity index (χ0n) is 8.35. The van der Waals surface area contributed by atoms with Gasteiger partial charge in [-0.2, -0.15) is 0 Å². The maximum atomic E-state index is 11.7. The molecule has 0 aliphatic rings. The molecule has 17 heavy (non-hydrogen) atoms. The lowest BCUT2D eigenvalue weighted by Crippen LogP contribution is -2.08. The van der Waals surface area contributed by atoms with Crippen molar-refractivity contribution in [3.63, 3.8) is 0 Å². The number of H-pyrrole nitrogens is 1. The number of hydrogen-bond donors (Lipinski definition) is 1. The lowest BCUT2D eigenvalue weighted by Gasteiger charge is -2.01. The summed E-state index contributed by atoms with van der Waals surface area (Å²) in [5.74, 6) is -0.841. The van der Waals surface area contributed by atoms with Crippen molar-refractivity contribution in [1.29, 1.82) is 0 Å². The minimum absolute atomic E-state index is 0.0671. The van der Waals surface area contributed by atoms with Gasteiger partial charge in [-0.3, -0.25) is 9.59 Å². The first-order valence-corrected chi connectivity index (χ1v) is 4.91. The second-order valence-electron chi connectivity index (χ2n) is 3.23. The molecule has 1 heterocycles. The van der Waals surface area contributed by atoms with E-state index in [1.54, 1.807) is 12.1 Å². The monoisotopic (exact) mass is 248 g/mol. The Labute approximate surface area is 99.5 Å². The number of pyridine rings is 1. The summed E-state index contributed by atoms with van der Waals surface area (Å²) in [5.41, 5.74) is 8.16.